The van der Waals surface area contributed by atoms with E-state index in [1.807, 2.05) is 145 Å². The van der Waals surface area contributed by atoms with Gasteiger partial charge in [-0.2, -0.15) is 0 Å². The Labute approximate surface area is 413 Å². The number of nitrogens with one attached hydrogen (secondary N) is 1. The van der Waals surface area contributed by atoms with Gasteiger partial charge in [0.25, 0.3) is 0 Å². The van der Waals surface area contributed by atoms with Crippen molar-refractivity contribution in [2.45, 2.75) is 42.7 Å². The minimum absolute atomic E-state index is 0.0499. The van der Waals surface area contributed by atoms with Crippen LogP contribution < -0.4 is 19.5 Å². The first kappa shape index (κ1) is 45.9. The molecule has 0 bridgehead atoms. The average molecular weight is 950 g/mol. The van der Waals surface area contributed by atoms with Crippen LogP contribution in [0.2, 0.25) is 0 Å². The average Bonchev–Trinajstić information content (AvgIpc) is 4.09. The second-order valence-electron chi connectivity index (χ2n) is 18.9. The number of benzene rings is 6. The molecule has 5 aliphatic heterocycles. The predicted molar refractivity (Wildman–Crippen MR) is 266 cm³/mol. The molecule has 5 aliphatic rings. The van der Waals surface area contributed by atoms with E-state index in [1.165, 1.54) is 5.56 Å². The molecule has 71 heavy (non-hydrogen) atoms. The summed E-state index contributed by atoms with van der Waals surface area (Å²) in [6.45, 7) is 3.78. The molecule has 0 radical (unpaired) electrons. The van der Waals surface area contributed by atoms with E-state index >= 15 is 14.4 Å². The van der Waals surface area contributed by atoms with E-state index < -0.39 is 47.4 Å². The van der Waals surface area contributed by atoms with Crippen molar-refractivity contribution < 1.29 is 38.4 Å². The molecule has 11 rings (SSSR count). The SMILES string of the molecule is CN(CC#Cc1ccc2c(c1)[C@]1(C(=O)N2)[C@H](c2cccc(OCCO)c2)N2[C@H](c3ccccc3)[C@H](c3ccccc3)OC(=O)[C@H]2[C@@H]1C(=O)N1CCN(Cc2ccc3c(c2)OCO3)CC1)Cc1ccccc1. The lowest BCUT2D eigenvalue weighted by molar-refractivity contribution is -0.179. The van der Waals surface area contributed by atoms with Gasteiger partial charge in [0, 0.05) is 50.5 Å². The van der Waals surface area contributed by atoms with Crippen molar-refractivity contribution in [1.29, 1.82) is 0 Å². The molecule has 3 saturated heterocycles. The summed E-state index contributed by atoms with van der Waals surface area (Å²) in [5.74, 6) is 6.14. The Bertz CT molecular complexity index is 2990. The van der Waals surface area contributed by atoms with E-state index in [4.69, 9.17) is 18.9 Å². The standard InChI is InChI=1S/C58H55N5O8/c1-60(36-40-13-5-2-6-14-40)26-12-15-39-22-24-47-46(33-39)58(57(67)59-47)50(55(65)62-29-27-61(28-30-62)37-41-23-25-48-49(34-41)70-38-69-48)52-56(66)71-53(43-18-9-4-10-19-43)51(42-16-7-3-8-17-42)63(52)54(58)44-20-11-21-45(35-44)68-32-31-64/h2-11,13-14,16-25,33-35,50-54,64H,26-32,36-38H2,1H3,(H,59,67)/t50-,51-,52-,53+,54+,58-/m1/s1. The summed E-state index contributed by atoms with van der Waals surface area (Å²) in [4.78, 5) is 55.8. The van der Waals surface area contributed by atoms with E-state index in [0.717, 1.165) is 34.7 Å². The van der Waals surface area contributed by atoms with Crippen LogP contribution in [0.25, 0.3) is 0 Å². The third-order valence-electron chi connectivity index (χ3n) is 14.5. The number of morpholine rings is 1. The quantitative estimate of drug-likeness (QED) is 0.0983. The van der Waals surface area contributed by atoms with Crippen molar-refractivity contribution in [1.82, 2.24) is 19.6 Å². The van der Waals surface area contributed by atoms with Gasteiger partial charge in [-0.25, -0.2) is 0 Å². The van der Waals surface area contributed by atoms with Gasteiger partial charge in [0.05, 0.1) is 31.2 Å². The molecule has 5 heterocycles. The number of piperazine rings is 1. The van der Waals surface area contributed by atoms with Crippen LogP contribution in [-0.4, -0.2) is 108 Å². The number of esters is 1. The molecule has 2 amide bonds. The molecule has 6 atom stereocenters. The van der Waals surface area contributed by atoms with Crippen LogP contribution >= 0.6 is 0 Å². The van der Waals surface area contributed by atoms with Crippen molar-refractivity contribution in [3.8, 4) is 29.1 Å². The number of ether oxygens (including phenoxy) is 4. The summed E-state index contributed by atoms with van der Waals surface area (Å²) >= 11 is 0. The Morgan fingerprint density at radius 2 is 1.49 bits per heavy atom. The molecule has 13 nitrogen and oxygen atoms in total. The molecule has 360 valence electrons. The molecule has 3 fully saturated rings. The maximum Gasteiger partial charge on any atom is 0.324 e. The van der Waals surface area contributed by atoms with Crippen molar-refractivity contribution in [3.05, 3.63) is 191 Å². The zero-order valence-electron chi connectivity index (χ0n) is 39.5. The lowest BCUT2D eigenvalue weighted by atomic mass is 9.65. The van der Waals surface area contributed by atoms with Gasteiger partial charge in [0.15, 0.2) is 11.5 Å². The van der Waals surface area contributed by atoms with E-state index in [0.29, 0.717) is 67.4 Å². The normalized spacial score (nSPS) is 23.4. The summed E-state index contributed by atoms with van der Waals surface area (Å²) in [6, 6.07) is 46.1. The molecule has 0 aliphatic carbocycles. The van der Waals surface area contributed by atoms with Crippen LogP contribution in [0, 0.1) is 17.8 Å². The number of hydrogen-bond acceptors (Lipinski definition) is 11. The summed E-state index contributed by atoms with van der Waals surface area (Å²) in [5.41, 5.74) is 4.67. The number of carbonyl (C=O) groups excluding carboxylic acids is 3. The Balaban J connectivity index is 1.05. The topological polar surface area (TPSA) is 133 Å². The molecule has 13 heteroatoms. The molecule has 6 aromatic rings. The van der Waals surface area contributed by atoms with Gasteiger partial charge in [-0.3, -0.25) is 29.1 Å². The van der Waals surface area contributed by atoms with Gasteiger partial charge < -0.3 is 34.3 Å². The fourth-order valence-electron chi connectivity index (χ4n) is 11.4. The highest BCUT2D eigenvalue weighted by atomic mass is 16.7. The third-order valence-corrected chi connectivity index (χ3v) is 14.5. The van der Waals surface area contributed by atoms with Crippen molar-refractivity contribution in [2.24, 2.45) is 5.92 Å². The number of fused-ring (bicyclic) bond motifs is 4. The zero-order chi connectivity index (χ0) is 48.5. The third kappa shape index (κ3) is 8.67. The smallest absolute Gasteiger partial charge is 0.324 e. The van der Waals surface area contributed by atoms with Gasteiger partial charge in [-0.15, -0.1) is 0 Å². The van der Waals surface area contributed by atoms with Crippen LogP contribution in [-0.2, 0) is 37.6 Å². The van der Waals surface area contributed by atoms with Crippen LogP contribution in [0.4, 0.5) is 5.69 Å². The Hall–Kier alpha value is -7.47. The maximum atomic E-state index is 16.1. The molecule has 0 saturated carbocycles. The molecule has 6 aromatic carbocycles. The Kier molecular flexibility index (Phi) is 12.8. The summed E-state index contributed by atoms with van der Waals surface area (Å²) in [7, 11) is 2.03. The minimum atomic E-state index is -1.68. The van der Waals surface area contributed by atoms with Crippen LogP contribution in [0.15, 0.2) is 152 Å². The maximum absolute atomic E-state index is 16.1. The highest BCUT2D eigenvalue weighted by Crippen LogP contribution is 2.65. The molecule has 1 spiro atoms. The molecule has 0 unspecified atom stereocenters. The largest absolute Gasteiger partial charge is 0.491 e. The van der Waals surface area contributed by atoms with Crippen molar-refractivity contribution >= 4 is 23.5 Å². The van der Waals surface area contributed by atoms with Crippen molar-refractivity contribution in [3.63, 3.8) is 0 Å². The van der Waals surface area contributed by atoms with E-state index in [1.54, 1.807) is 6.07 Å². The zero-order valence-corrected chi connectivity index (χ0v) is 39.5. The van der Waals surface area contributed by atoms with Crippen LogP contribution in [0.3, 0.4) is 0 Å². The second kappa shape index (κ2) is 19.7. The van der Waals surface area contributed by atoms with E-state index in [2.05, 4.69) is 44.0 Å². The first-order valence-corrected chi connectivity index (χ1v) is 24.3. The molecule has 2 N–H and O–H groups in total. The second-order valence-corrected chi connectivity index (χ2v) is 18.9. The number of aliphatic hydroxyl groups is 1. The minimum Gasteiger partial charge on any atom is -0.491 e. The number of nitrogens with zero attached hydrogens (tertiary/aromatic N) is 4. The molecular weight excluding hydrogens is 895 g/mol. The van der Waals surface area contributed by atoms with Gasteiger partial charge >= 0.3 is 5.97 Å². The van der Waals surface area contributed by atoms with Gasteiger partial charge in [0.2, 0.25) is 18.6 Å². The van der Waals surface area contributed by atoms with E-state index in [-0.39, 0.29) is 25.9 Å². The number of rotatable bonds is 12. The Morgan fingerprint density at radius 1 is 0.775 bits per heavy atom. The van der Waals surface area contributed by atoms with Crippen LogP contribution in [0.5, 0.6) is 17.2 Å². The van der Waals surface area contributed by atoms with Gasteiger partial charge in [0.1, 0.15) is 29.9 Å². The monoisotopic (exact) mass is 949 g/mol. The molecular formula is C58H55N5O8. The lowest BCUT2D eigenvalue weighted by Crippen LogP contribution is -2.58. The fourth-order valence-corrected chi connectivity index (χ4v) is 11.4. The van der Waals surface area contributed by atoms with Gasteiger partial charge in [-0.05, 0) is 82.9 Å². The summed E-state index contributed by atoms with van der Waals surface area (Å²) in [5, 5.41) is 13.1. The van der Waals surface area contributed by atoms with Crippen LogP contribution in [0.1, 0.15) is 57.1 Å². The number of carbonyl (C=O) groups is 3. The predicted octanol–water partition coefficient (Wildman–Crippen LogP) is 6.89. The fraction of sp³-hybridized carbons (Fsp3) is 0.293. The first-order valence-electron chi connectivity index (χ1n) is 24.3. The lowest BCUT2D eigenvalue weighted by Gasteiger charge is -2.46. The number of anilines is 1. The number of cyclic esters (lactones) is 1. The van der Waals surface area contributed by atoms with Gasteiger partial charge in [-0.1, -0.05) is 121 Å². The summed E-state index contributed by atoms with van der Waals surface area (Å²) in [6.07, 6.45) is -0.807. The molecule has 0 aromatic heterocycles. The highest BCUT2D eigenvalue weighted by molar-refractivity contribution is 6.12. The Morgan fingerprint density at radius 3 is 2.25 bits per heavy atom. The summed E-state index contributed by atoms with van der Waals surface area (Å²) < 4.78 is 23.9. The van der Waals surface area contributed by atoms with Crippen molar-refractivity contribution in [2.75, 3.05) is 65.1 Å². The van der Waals surface area contributed by atoms with E-state index in [9.17, 15) is 5.11 Å². The number of aliphatic hydroxyl groups excluding tert-OH is 1. The first-order chi connectivity index (χ1) is 34.8. The number of amides is 2. The number of hydrogen-bond donors (Lipinski definition) is 2. The highest BCUT2D eigenvalue weighted by Gasteiger charge is 2.74.